The molecule has 0 aliphatic rings. The Morgan fingerprint density at radius 2 is 1.92 bits per heavy atom. The van der Waals surface area contributed by atoms with E-state index in [1.165, 1.54) is 10.7 Å². The van der Waals surface area contributed by atoms with E-state index in [0.717, 1.165) is 16.6 Å². The van der Waals surface area contributed by atoms with E-state index in [2.05, 4.69) is 25.0 Å². The van der Waals surface area contributed by atoms with Crippen LogP contribution >= 0.6 is 11.6 Å². The van der Waals surface area contributed by atoms with E-state index in [1.807, 2.05) is 13.0 Å². The van der Waals surface area contributed by atoms with Gasteiger partial charge in [-0.3, -0.25) is 9.97 Å². The number of aryl methyl sites for hydroxylation is 1. The van der Waals surface area contributed by atoms with Gasteiger partial charge in [0.05, 0.1) is 34.3 Å². The molecule has 0 fully saturated rings. The van der Waals surface area contributed by atoms with Gasteiger partial charge in [0.15, 0.2) is 5.82 Å². The molecule has 8 heteroatoms. The first-order valence-electron chi connectivity index (χ1n) is 7.07. The van der Waals surface area contributed by atoms with Gasteiger partial charge in [-0.25, -0.2) is 9.67 Å². The summed E-state index contributed by atoms with van der Waals surface area (Å²) in [5.74, 6) is -0.406. The van der Waals surface area contributed by atoms with Crippen LogP contribution in [-0.2, 0) is 0 Å². The van der Waals surface area contributed by atoms with Crippen LogP contribution in [0.25, 0.3) is 28.1 Å². The maximum absolute atomic E-state index is 13.6. The molecule has 0 aliphatic heterocycles. The first-order chi connectivity index (χ1) is 11.6. The van der Waals surface area contributed by atoms with Crippen molar-refractivity contribution in [1.29, 1.82) is 0 Å². The van der Waals surface area contributed by atoms with Gasteiger partial charge in [-0.2, -0.15) is 14.5 Å². The number of aromatic nitrogens is 6. The highest BCUT2D eigenvalue weighted by Gasteiger charge is 2.11. The third-order valence-corrected chi connectivity index (χ3v) is 3.76. The Morgan fingerprint density at radius 1 is 1.04 bits per heavy atom. The van der Waals surface area contributed by atoms with Crippen LogP contribution in [-0.4, -0.2) is 29.7 Å². The van der Waals surface area contributed by atoms with Crippen LogP contribution in [0.15, 0.2) is 43.0 Å². The Morgan fingerprint density at radius 3 is 2.71 bits per heavy atom. The number of hydrogen-bond donors (Lipinski definition) is 0. The predicted molar refractivity (Wildman–Crippen MR) is 87.4 cm³/mol. The summed E-state index contributed by atoms with van der Waals surface area (Å²) in [6.07, 6.45) is 6.64. The highest BCUT2D eigenvalue weighted by molar-refractivity contribution is 6.30. The topological polar surface area (TPSA) is 69.4 Å². The molecule has 0 aromatic carbocycles. The summed E-state index contributed by atoms with van der Waals surface area (Å²) < 4.78 is 15.2. The molecule has 0 N–H and O–H groups in total. The van der Waals surface area contributed by atoms with Gasteiger partial charge >= 0.3 is 0 Å². The number of nitrogens with zero attached hydrogens (tertiary/aromatic N) is 6. The average Bonchev–Trinajstić information content (AvgIpc) is 3.00. The molecule has 4 aromatic heterocycles. The second-order valence-corrected chi connectivity index (χ2v) is 5.58. The lowest BCUT2D eigenvalue weighted by Crippen LogP contribution is -2.01. The maximum Gasteiger partial charge on any atom is 0.233 e. The number of fused-ring (bicyclic) bond motifs is 1. The van der Waals surface area contributed by atoms with Crippen molar-refractivity contribution >= 4 is 22.5 Å². The van der Waals surface area contributed by atoms with Crippen LogP contribution < -0.4 is 0 Å². The van der Waals surface area contributed by atoms with Crippen molar-refractivity contribution in [3.63, 3.8) is 0 Å². The molecule has 4 rings (SSSR count). The number of rotatable bonds is 2. The highest BCUT2D eigenvalue weighted by atomic mass is 35.5. The second-order valence-electron chi connectivity index (χ2n) is 5.17. The summed E-state index contributed by atoms with van der Waals surface area (Å²) in [4.78, 5) is 16.8. The first kappa shape index (κ1) is 14.6. The predicted octanol–water partition coefficient (Wildman–Crippen LogP) is 3.37. The Bertz CT molecular complexity index is 1060. The molecule has 0 spiro atoms. The SMILES string of the molecule is Cc1cncc(-c2cc3c(cn2)cnn3-c2ccc(Cl)c(F)n2)n1. The minimum absolute atomic E-state index is 0.0346. The molecule has 0 bridgehead atoms. The smallest absolute Gasteiger partial charge is 0.233 e. The maximum atomic E-state index is 13.6. The van der Waals surface area contributed by atoms with Crippen LogP contribution in [0.4, 0.5) is 4.39 Å². The van der Waals surface area contributed by atoms with E-state index in [-0.39, 0.29) is 5.02 Å². The molecule has 0 atom stereocenters. The van der Waals surface area contributed by atoms with Crippen molar-refractivity contribution in [3.05, 3.63) is 59.7 Å². The van der Waals surface area contributed by atoms with Crippen molar-refractivity contribution < 1.29 is 4.39 Å². The summed E-state index contributed by atoms with van der Waals surface area (Å²) in [5.41, 5.74) is 2.83. The van der Waals surface area contributed by atoms with E-state index >= 15 is 0 Å². The van der Waals surface area contributed by atoms with Crippen LogP contribution in [0.5, 0.6) is 0 Å². The Labute approximate surface area is 141 Å². The number of halogens is 2. The van der Waals surface area contributed by atoms with E-state index in [0.29, 0.717) is 17.2 Å². The van der Waals surface area contributed by atoms with E-state index in [4.69, 9.17) is 11.6 Å². The minimum atomic E-state index is -0.739. The lowest BCUT2D eigenvalue weighted by Gasteiger charge is -2.05. The van der Waals surface area contributed by atoms with Crippen LogP contribution in [0, 0.1) is 12.9 Å². The fourth-order valence-corrected chi connectivity index (χ4v) is 2.46. The van der Waals surface area contributed by atoms with Gasteiger partial charge in [0, 0.05) is 17.8 Å². The Hall–Kier alpha value is -2.93. The molecule has 0 amide bonds. The summed E-state index contributed by atoms with van der Waals surface area (Å²) in [6.45, 7) is 1.86. The zero-order valence-electron chi connectivity index (χ0n) is 12.5. The third-order valence-electron chi connectivity index (χ3n) is 3.48. The van der Waals surface area contributed by atoms with E-state index in [9.17, 15) is 4.39 Å². The first-order valence-corrected chi connectivity index (χ1v) is 7.45. The molecule has 0 radical (unpaired) electrons. The second kappa shape index (κ2) is 5.61. The normalized spacial score (nSPS) is 11.1. The van der Waals surface area contributed by atoms with Gasteiger partial charge in [-0.05, 0) is 25.1 Å². The lowest BCUT2D eigenvalue weighted by molar-refractivity contribution is 0.579. The van der Waals surface area contributed by atoms with E-state index in [1.54, 1.807) is 30.9 Å². The monoisotopic (exact) mass is 340 g/mol. The van der Waals surface area contributed by atoms with Crippen molar-refractivity contribution in [2.45, 2.75) is 6.92 Å². The van der Waals surface area contributed by atoms with E-state index < -0.39 is 5.95 Å². The zero-order chi connectivity index (χ0) is 16.7. The zero-order valence-corrected chi connectivity index (χ0v) is 13.2. The molecule has 24 heavy (non-hydrogen) atoms. The summed E-state index contributed by atoms with van der Waals surface area (Å²) in [6, 6.07) is 4.87. The van der Waals surface area contributed by atoms with Crippen molar-refractivity contribution in [3.8, 4) is 17.2 Å². The van der Waals surface area contributed by atoms with Crippen LogP contribution in [0.2, 0.25) is 5.02 Å². The molecular weight excluding hydrogens is 331 g/mol. The number of hydrogen-bond acceptors (Lipinski definition) is 5. The molecule has 4 heterocycles. The van der Waals surface area contributed by atoms with Crippen molar-refractivity contribution in [2.24, 2.45) is 0 Å². The molecule has 0 saturated carbocycles. The van der Waals surface area contributed by atoms with Gasteiger partial charge < -0.3 is 0 Å². The molecule has 0 unspecified atom stereocenters. The fourth-order valence-electron chi connectivity index (χ4n) is 2.36. The standard InChI is InChI=1S/C16H10ClFN6/c1-9-5-19-8-13(22-9)12-4-14-10(6-20-12)7-21-24(14)15-3-2-11(17)16(18)23-15/h2-8H,1H3. The number of pyridine rings is 2. The molecule has 6 nitrogen and oxygen atoms in total. The fraction of sp³-hybridized carbons (Fsp3) is 0.0625. The lowest BCUT2D eigenvalue weighted by atomic mass is 10.2. The van der Waals surface area contributed by atoms with Gasteiger partial charge in [0.2, 0.25) is 5.95 Å². The Kier molecular flexibility index (Phi) is 3.42. The average molecular weight is 341 g/mol. The molecular formula is C16H10ClFN6. The van der Waals surface area contributed by atoms with Crippen molar-refractivity contribution in [1.82, 2.24) is 29.7 Å². The molecule has 4 aromatic rings. The summed E-state index contributed by atoms with van der Waals surface area (Å²) >= 11 is 5.69. The highest BCUT2D eigenvalue weighted by Crippen LogP contribution is 2.23. The third kappa shape index (κ3) is 2.48. The van der Waals surface area contributed by atoms with Gasteiger partial charge in [-0.1, -0.05) is 11.6 Å². The van der Waals surface area contributed by atoms with Crippen LogP contribution in [0.1, 0.15) is 5.69 Å². The molecule has 0 aliphatic carbocycles. The Balaban J connectivity index is 1.88. The van der Waals surface area contributed by atoms with Gasteiger partial charge in [0.1, 0.15) is 5.69 Å². The largest absolute Gasteiger partial charge is 0.261 e. The quantitative estimate of drug-likeness (QED) is 0.523. The van der Waals surface area contributed by atoms with Gasteiger partial charge in [-0.15, -0.1) is 0 Å². The molecule has 118 valence electrons. The summed E-state index contributed by atoms with van der Waals surface area (Å²) in [7, 11) is 0. The molecule has 0 saturated heterocycles. The summed E-state index contributed by atoms with van der Waals surface area (Å²) in [5, 5.41) is 5.02. The minimum Gasteiger partial charge on any atom is -0.261 e. The van der Waals surface area contributed by atoms with Crippen molar-refractivity contribution in [2.75, 3.05) is 0 Å². The van der Waals surface area contributed by atoms with Crippen LogP contribution in [0.3, 0.4) is 0 Å². The van der Waals surface area contributed by atoms with Gasteiger partial charge in [0.25, 0.3) is 0 Å².